The number of benzene rings is 2. The quantitative estimate of drug-likeness (QED) is 0.869. The van der Waals surface area contributed by atoms with Crippen LogP contribution in [0, 0.1) is 5.82 Å². The van der Waals surface area contributed by atoms with E-state index in [1.54, 1.807) is 18.2 Å². The molecule has 0 radical (unpaired) electrons. The summed E-state index contributed by atoms with van der Waals surface area (Å²) in [5.74, 6) is -0.540. The van der Waals surface area contributed by atoms with Gasteiger partial charge in [0.2, 0.25) is 0 Å². The van der Waals surface area contributed by atoms with Crippen LogP contribution in [0.15, 0.2) is 36.4 Å². The van der Waals surface area contributed by atoms with Crippen LogP contribution in [0.1, 0.15) is 21.5 Å². The molecule has 2 aromatic carbocycles. The van der Waals surface area contributed by atoms with Gasteiger partial charge in [-0.3, -0.25) is 4.79 Å². The largest absolute Gasteiger partial charge is 0.384 e. The number of rotatable bonds is 3. The van der Waals surface area contributed by atoms with E-state index < -0.39 is 5.82 Å². The monoisotopic (exact) mass is 289 g/mol. The Morgan fingerprint density at radius 2 is 2.15 bits per heavy atom. The third kappa shape index (κ3) is 2.41. The Hall–Kier alpha value is -1.87. The van der Waals surface area contributed by atoms with Gasteiger partial charge in [0.15, 0.2) is 5.78 Å². The van der Waals surface area contributed by atoms with Crippen LogP contribution in [-0.2, 0) is 12.8 Å². The molecule has 1 aliphatic heterocycles. The molecular formula is C16H13ClFNO. The fourth-order valence-corrected chi connectivity index (χ4v) is 2.63. The van der Waals surface area contributed by atoms with E-state index in [1.165, 1.54) is 6.07 Å². The minimum Gasteiger partial charge on any atom is -0.384 e. The van der Waals surface area contributed by atoms with E-state index in [0.29, 0.717) is 11.1 Å². The normalized spacial score (nSPS) is 12.9. The highest BCUT2D eigenvalue weighted by Crippen LogP contribution is 2.25. The van der Waals surface area contributed by atoms with Gasteiger partial charge in [-0.2, -0.15) is 0 Å². The highest BCUT2D eigenvalue weighted by molar-refractivity contribution is 6.31. The molecule has 0 bridgehead atoms. The lowest BCUT2D eigenvalue weighted by Crippen LogP contribution is -2.05. The van der Waals surface area contributed by atoms with Crippen molar-refractivity contribution in [2.75, 3.05) is 11.9 Å². The number of nitrogens with one attached hydrogen (secondary N) is 1. The third-order valence-electron chi connectivity index (χ3n) is 3.52. The second-order valence-electron chi connectivity index (χ2n) is 4.86. The van der Waals surface area contributed by atoms with Gasteiger partial charge >= 0.3 is 0 Å². The van der Waals surface area contributed by atoms with Crippen LogP contribution in [0.5, 0.6) is 0 Å². The zero-order valence-electron chi connectivity index (χ0n) is 10.7. The fraction of sp³-hybridized carbons (Fsp3) is 0.188. The second-order valence-corrected chi connectivity index (χ2v) is 5.24. The highest BCUT2D eigenvalue weighted by atomic mass is 35.5. The lowest BCUT2D eigenvalue weighted by atomic mass is 10.00. The zero-order chi connectivity index (χ0) is 14.1. The average Bonchev–Trinajstić information content (AvgIpc) is 2.91. The van der Waals surface area contributed by atoms with Crippen LogP contribution < -0.4 is 5.32 Å². The maximum atomic E-state index is 13.4. The number of hydrogen-bond acceptors (Lipinski definition) is 2. The first-order valence-electron chi connectivity index (χ1n) is 6.48. The third-order valence-corrected chi connectivity index (χ3v) is 3.94. The van der Waals surface area contributed by atoms with Gasteiger partial charge in [-0.25, -0.2) is 4.39 Å². The molecular weight excluding hydrogens is 277 g/mol. The Balaban J connectivity index is 1.84. The van der Waals surface area contributed by atoms with Crippen molar-refractivity contribution >= 4 is 23.1 Å². The molecule has 0 saturated carbocycles. The first kappa shape index (κ1) is 13.1. The Kier molecular flexibility index (Phi) is 3.45. The molecule has 2 nitrogen and oxygen atoms in total. The van der Waals surface area contributed by atoms with Crippen LogP contribution in [0.25, 0.3) is 0 Å². The number of Topliss-reactive ketones (excluding diaryl/α,β-unsaturated/α-hetero) is 1. The van der Waals surface area contributed by atoms with E-state index in [4.69, 9.17) is 11.6 Å². The van der Waals surface area contributed by atoms with Gasteiger partial charge < -0.3 is 5.32 Å². The van der Waals surface area contributed by atoms with Crippen molar-refractivity contribution in [1.82, 2.24) is 0 Å². The topological polar surface area (TPSA) is 29.1 Å². The summed E-state index contributed by atoms with van der Waals surface area (Å²) in [7, 11) is 0. The summed E-state index contributed by atoms with van der Waals surface area (Å²) in [5.41, 5.74) is 3.41. The molecule has 4 heteroatoms. The summed E-state index contributed by atoms with van der Waals surface area (Å²) in [6, 6.07) is 10.2. The van der Waals surface area contributed by atoms with Crippen LogP contribution in [0.2, 0.25) is 5.02 Å². The summed E-state index contributed by atoms with van der Waals surface area (Å²) in [6.45, 7) is 0.905. The van der Waals surface area contributed by atoms with E-state index in [9.17, 15) is 9.18 Å². The van der Waals surface area contributed by atoms with Gasteiger partial charge in [0.25, 0.3) is 0 Å². The number of hydrogen-bond donors (Lipinski definition) is 1. The molecule has 1 aliphatic rings. The molecule has 0 amide bonds. The molecule has 0 aliphatic carbocycles. The lowest BCUT2D eigenvalue weighted by molar-refractivity contribution is 0.0993. The van der Waals surface area contributed by atoms with Crippen molar-refractivity contribution < 1.29 is 9.18 Å². The van der Waals surface area contributed by atoms with Gasteiger partial charge in [0, 0.05) is 24.2 Å². The number of carbonyl (C=O) groups excluding carboxylic acids is 1. The van der Waals surface area contributed by atoms with Crippen molar-refractivity contribution in [3.63, 3.8) is 0 Å². The first-order chi connectivity index (χ1) is 9.65. The number of ketones is 1. The van der Waals surface area contributed by atoms with E-state index >= 15 is 0 Å². The lowest BCUT2D eigenvalue weighted by Gasteiger charge is -2.06. The van der Waals surface area contributed by atoms with Crippen LogP contribution >= 0.6 is 11.6 Å². The smallest absolute Gasteiger partial charge is 0.167 e. The molecule has 1 heterocycles. The maximum absolute atomic E-state index is 13.4. The number of fused-ring (bicyclic) bond motifs is 1. The molecule has 1 N–H and O–H groups in total. The van der Waals surface area contributed by atoms with Crippen LogP contribution in [-0.4, -0.2) is 12.3 Å². The number of halogens is 2. The summed E-state index contributed by atoms with van der Waals surface area (Å²) in [5, 5.41) is 3.28. The maximum Gasteiger partial charge on any atom is 0.167 e. The SMILES string of the molecule is O=C(Cc1cccc(F)c1Cl)c1ccc2c(c1)CCN2. The predicted molar refractivity (Wildman–Crippen MR) is 78.1 cm³/mol. The Labute approximate surface area is 121 Å². The van der Waals surface area contributed by atoms with E-state index in [0.717, 1.165) is 24.2 Å². The molecule has 0 saturated heterocycles. The van der Waals surface area contributed by atoms with E-state index in [2.05, 4.69) is 5.32 Å². The zero-order valence-corrected chi connectivity index (χ0v) is 11.5. The van der Waals surface area contributed by atoms with E-state index in [1.807, 2.05) is 12.1 Å². The highest BCUT2D eigenvalue weighted by Gasteiger charge is 2.15. The average molecular weight is 290 g/mol. The number of anilines is 1. The Bertz CT molecular complexity index is 684. The molecule has 0 aromatic heterocycles. The molecule has 2 aromatic rings. The summed E-state index contributed by atoms with van der Waals surface area (Å²) < 4.78 is 13.4. The summed E-state index contributed by atoms with van der Waals surface area (Å²) in [6.07, 6.45) is 1.04. The Morgan fingerprint density at radius 1 is 1.30 bits per heavy atom. The van der Waals surface area contributed by atoms with Gasteiger partial charge in [-0.05, 0) is 41.8 Å². The van der Waals surface area contributed by atoms with Crippen molar-refractivity contribution in [2.45, 2.75) is 12.8 Å². The minimum atomic E-state index is -0.491. The summed E-state index contributed by atoms with van der Waals surface area (Å²) in [4.78, 5) is 12.3. The van der Waals surface area contributed by atoms with Gasteiger partial charge in [0.1, 0.15) is 5.82 Å². The predicted octanol–water partition coefficient (Wildman–Crippen LogP) is 3.87. The van der Waals surface area contributed by atoms with E-state index in [-0.39, 0.29) is 17.2 Å². The van der Waals surface area contributed by atoms with Crippen molar-refractivity contribution in [3.8, 4) is 0 Å². The van der Waals surface area contributed by atoms with Gasteiger partial charge in [-0.1, -0.05) is 23.7 Å². The minimum absolute atomic E-state index is 0.0312. The van der Waals surface area contributed by atoms with Crippen molar-refractivity contribution in [2.24, 2.45) is 0 Å². The van der Waals surface area contributed by atoms with Gasteiger partial charge in [0.05, 0.1) is 5.02 Å². The molecule has 0 unspecified atom stereocenters. The van der Waals surface area contributed by atoms with Crippen LogP contribution in [0.3, 0.4) is 0 Å². The molecule has 20 heavy (non-hydrogen) atoms. The molecule has 102 valence electrons. The first-order valence-corrected chi connectivity index (χ1v) is 6.86. The standard InChI is InChI=1S/C16H13ClFNO/c17-16-12(2-1-3-13(16)18)9-15(20)11-4-5-14-10(8-11)6-7-19-14/h1-5,8,19H,6-7,9H2. The Morgan fingerprint density at radius 3 is 3.00 bits per heavy atom. The molecule has 0 fully saturated rings. The van der Waals surface area contributed by atoms with Gasteiger partial charge in [-0.15, -0.1) is 0 Å². The number of carbonyl (C=O) groups is 1. The van der Waals surface area contributed by atoms with Crippen molar-refractivity contribution in [3.05, 3.63) is 63.9 Å². The van der Waals surface area contributed by atoms with Crippen LogP contribution in [0.4, 0.5) is 10.1 Å². The molecule has 3 rings (SSSR count). The second kappa shape index (κ2) is 5.25. The molecule has 0 spiro atoms. The molecule has 0 atom stereocenters. The summed E-state index contributed by atoms with van der Waals surface area (Å²) >= 11 is 5.88. The van der Waals surface area contributed by atoms with Crippen molar-refractivity contribution in [1.29, 1.82) is 0 Å². The fourth-order valence-electron chi connectivity index (χ4n) is 2.44.